The van der Waals surface area contributed by atoms with E-state index in [1.165, 1.54) is 36.2 Å². The first-order valence-corrected chi connectivity index (χ1v) is 7.89. The van der Waals surface area contributed by atoms with Gasteiger partial charge in [0.25, 0.3) is 5.91 Å². The second-order valence-corrected chi connectivity index (χ2v) is 6.15. The molecular formula is C16H14F3NO4S. The highest BCUT2D eigenvalue weighted by molar-refractivity contribution is 7.15. The van der Waals surface area contributed by atoms with E-state index in [2.05, 4.69) is 0 Å². The van der Waals surface area contributed by atoms with Gasteiger partial charge in [0.2, 0.25) is 0 Å². The van der Waals surface area contributed by atoms with Crippen LogP contribution in [0.4, 0.5) is 13.2 Å². The van der Waals surface area contributed by atoms with Crippen LogP contribution in [-0.2, 0) is 6.18 Å². The molecule has 0 spiro atoms. The number of carboxylic acid groups (broad SMARTS) is 1. The lowest BCUT2D eigenvalue weighted by Gasteiger charge is -2.16. The molecule has 5 nitrogen and oxygen atoms in total. The summed E-state index contributed by atoms with van der Waals surface area (Å²) in [6.07, 6.45) is -4.40. The van der Waals surface area contributed by atoms with E-state index in [1.807, 2.05) is 0 Å². The van der Waals surface area contributed by atoms with Crippen molar-refractivity contribution >= 4 is 23.2 Å². The number of amides is 1. The van der Waals surface area contributed by atoms with Crippen LogP contribution in [-0.4, -0.2) is 42.1 Å². The standard InChI is InChI=1S/C16H14F3NO4S/c1-20(14(21)12-6-7-13(25-12)15(22)23)8-9-24-11-4-2-10(3-5-11)16(17,18)19/h2-7H,8-9H2,1H3,(H,22,23). The predicted octanol–water partition coefficient (Wildman–Crippen LogP) is 3.62. The van der Waals surface area contributed by atoms with Crippen LogP contribution < -0.4 is 4.74 Å². The lowest BCUT2D eigenvalue weighted by Crippen LogP contribution is -2.30. The Bertz CT molecular complexity index is 755. The number of rotatable bonds is 6. The monoisotopic (exact) mass is 373 g/mol. The van der Waals surface area contributed by atoms with Gasteiger partial charge in [-0.3, -0.25) is 4.79 Å². The van der Waals surface area contributed by atoms with Crippen LogP contribution in [0.25, 0.3) is 0 Å². The van der Waals surface area contributed by atoms with Gasteiger partial charge in [-0.15, -0.1) is 11.3 Å². The zero-order valence-corrected chi connectivity index (χ0v) is 13.9. The number of benzene rings is 1. The summed E-state index contributed by atoms with van der Waals surface area (Å²) >= 11 is 0.873. The van der Waals surface area contributed by atoms with Crippen molar-refractivity contribution in [2.75, 3.05) is 20.2 Å². The molecule has 0 fully saturated rings. The van der Waals surface area contributed by atoms with Gasteiger partial charge in [0, 0.05) is 7.05 Å². The van der Waals surface area contributed by atoms with Crippen molar-refractivity contribution in [1.29, 1.82) is 0 Å². The molecule has 0 saturated heterocycles. The second kappa shape index (κ2) is 7.56. The fourth-order valence-electron chi connectivity index (χ4n) is 1.90. The number of halogens is 3. The van der Waals surface area contributed by atoms with Gasteiger partial charge in [0.15, 0.2) is 0 Å². The van der Waals surface area contributed by atoms with E-state index >= 15 is 0 Å². The molecule has 134 valence electrons. The minimum Gasteiger partial charge on any atom is -0.492 e. The zero-order valence-electron chi connectivity index (χ0n) is 13.0. The van der Waals surface area contributed by atoms with Gasteiger partial charge in [-0.1, -0.05) is 0 Å². The molecule has 1 aromatic carbocycles. The van der Waals surface area contributed by atoms with Crippen molar-refractivity contribution in [1.82, 2.24) is 4.90 Å². The third-order valence-corrected chi connectivity index (χ3v) is 4.31. The minimum atomic E-state index is -4.40. The number of carbonyl (C=O) groups is 2. The highest BCUT2D eigenvalue weighted by Crippen LogP contribution is 2.30. The molecular weight excluding hydrogens is 359 g/mol. The number of nitrogens with zero attached hydrogens (tertiary/aromatic N) is 1. The predicted molar refractivity (Wildman–Crippen MR) is 85.2 cm³/mol. The molecule has 0 aliphatic heterocycles. The molecule has 0 saturated carbocycles. The maximum Gasteiger partial charge on any atom is 0.416 e. The lowest BCUT2D eigenvalue weighted by molar-refractivity contribution is -0.137. The Balaban J connectivity index is 1.86. The zero-order chi connectivity index (χ0) is 18.6. The van der Waals surface area contributed by atoms with Crippen LogP contribution in [0.5, 0.6) is 5.75 Å². The first-order valence-electron chi connectivity index (χ1n) is 7.07. The summed E-state index contributed by atoms with van der Waals surface area (Å²) in [7, 11) is 1.53. The number of likely N-dealkylation sites (N-methyl/N-ethyl adjacent to an activating group) is 1. The molecule has 9 heteroatoms. The number of alkyl halides is 3. The molecule has 1 amide bonds. The third kappa shape index (κ3) is 4.96. The van der Waals surface area contributed by atoms with Gasteiger partial charge < -0.3 is 14.7 Å². The highest BCUT2D eigenvalue weighted by Gasteiger charge is 2.30. The number of carboxylic acids is 1. The SMILES string of the molecule is CN(CCOc1ccc(C(F)(F)F)cc1)C(=O)c1ccc(C(=O)O)s1. The fraction of sp³-hybridized carbons (Fsp3) is 0.250. The van der Waals surface area contributed by atoms with Gasteiger partial charge in [-0.05, 0) is 36.4 Å². The molecule has 1 N–H and O–H groups in total. The summed E-state index contributed by atoms with van der Waals surface area (Å²) in [5.74, 6) is -1.19. The first-order chi connectivity index (χ1) is 11.7. The Labute approximate surface area is 145 Å². The average molecular weight is 373 g/mol. The molecule has 25 heavy (non-hydrogen) atoms. The number of carbonyl (C=O) groups excluding carboxylic acids is 1. The lowest BCUT2D eigenvalue weighted by atomic mass is 10.2. The van der Waals surface area contributed by atoms with Crippen LogP contribution in [0.15, 0.2) is 36.4 Å². The Morgan fingerprint density at radius 1 is 1.12 bits per heavy atom. The molecule has 0 atom stereocenters. The van der Waals surface area contributed by atoms with Crippen LogP contribution in [0.3, 0.4) is 0 Å². The molecule has 2 aromatic rings. The van der Waals surface area contributed by atoms with Crippen molar-refractivity contribution in [3.8, 4) is 5.75 Å². The maximum atomic E-state index is 12.5. The van der Waals surface area contributed by atoms with Crippen LogP contribution in [0.1, 0.15) is 24.9 Å². The quantitative estimate of drug-likeness (QED) is 0.840. The second-order valence-electron chi connectivity index (χ2n) is 5.07. The van der Waals surface area contributed by atoms with E-state index < -0.39 is 17.7 Å². The third-order valence-electron chi connectivity index (χ3n) is 3.25. The molecule has 2 rings (SSSR count). The van der Waals surface area contributed by atoms with E-state index in [0.29, 0.717) is 0 Å². The van der Waals surface area contributed by atoms with Gasteiger partial charge in [-0.2, -0.15) is 13.2 Å². The number of aromatic carboxylic acids is 1. The summed E-state index contributed by atoms with van der Waals surface area (Å²) in [6.45, 7) is 0.283. The summed E-state index contributed by atoms with van der Waals surface area (Å²) in [5.41, 5.74) is -0.765. The normalized spacial score (nSPS) is 11.2. The number of thiophene rings is 1. The molecule has 1 heterocycles. The van der Waals surface area contributed by atoms with Crippen molar-refractivity contribution in [2.24, 2.45) is 0 Å². The Hall–Kier alpha value is -2.55. The van der Waals surface area contributed by atoms with E-state index in [9.17, 15) is 22.8 Å². The van der Waals surface area contributed by atoms with Gasteiger partial charge in [0.05, 0.1) is 17.0 Å². The topological polar surface area (TPSA) is 66.8 Å². The molecule has 0 radical (unpaired) electrons. The smallest absolute Gasteiger partial charge is 0.416 e. The van der Waals surface area contributed by atoms with Gasteiger partial charge in [0.1, 0.15) is 17.2 Å². The van der Waals surface area contributed by atoms with E-state index in [-0.39, 0.29) is 34.6 Å². The summed E-state index contributed by atoms with van der Waals surface area (Å²) in [6, 6.07) is 7.05. The van der Waals surface area contributed by atoms with E-state index in [4.69, 9.17) is 9.84 Å². The molecule has 0 aliphatic rings. The molecule has 0 unspecified atom stereocenters. The summed E-state index contributed by atoms with van der Waals surface area (Å²) in [4.78, 5) is 24.7. The van der Waals surface area contributed by atoms with Crippen LogP contribution in [0.2, 0.25) is 0 Å². The van der Waals surface area contributed by atoms with Crippen molar-refractivity contribution < 1.29 is 32.6 Å². The van der Waals surface area contributed by atoms with Gasteiger partial charge >= 0.3 is 12.1 Å². The van der Waals surface area contributed by atoms with E-state index in [1.54, 1.807) is 0 Å². The van der Waals surface area contributed by atoms with Gasteiger partial charge in [-0.25, -0.2) is 4.79 Å². The Morgan fingerprint density at radius 2 is 1.72 bits per heavy atom. The Kier molecular flexibility index (Phi) is 5.68. The molecule has 0 aliphatic carbocycles. The van der Waals surface area contributed by atoms with Crippen molar-refractivity contribution in [3.05, 3.63) is 51.7 Å². The van der Waals surface area contributed by atoms with Crippen LogP contribution >= 0.6 is 11.3 Å². The molecule has 1 aromatic heterocycles. The number of ether oxygens (including phenoxy) is 1. The summed E-state index contributed by atoms with van der Waals surface area (Å²) in [5, 5.41) is 8.85. The highest BCUT2D eigenvalue weighted by atomic mass is 32.1. The Morgan fingerprint density at radius 3 is 2.24 bits per heavy atom. The fourth-order valence-corrected chi connectivity index (χ4v) is 2.74. The minimum absolute atomic E-state index is 0.0674. The summed E-state index contributed by atoms with van der Waals surface area (Å²) < 4.78 is 42.7. The molecule has 0 bridgehead atoms. The van der Waals surface area contributed by atoms with Crippen LogP contribution in [0, 0.1) is 0 Å². The van der Waals surface area contributed by atoms with E-state index in [0.717, 1.165) is 23.5 Å². The maximum absolute atomic E-state index is 12.5. The number of hydrogen-bond acceptors (Lipinski definition) is 4. The average Bonchev–Trinajstić information content (AvgIpc) is 3.04. The van der Waals surface area contributed by atoms with Crippen molar-refractivity contribution in [3.63, 3.8) is 0 Å². The number of hydrogen-bond donors (Lipinski definition) is 1. The first kappa shape index (κ1) is 18.8. The largest absolute Gasteiger partial charge is 0.492 e. The van der Waals surface area contributed by atoms with Crippen molar-refractivity contribution in [2.45, 2.75) is 6.18 Å².